The lowest BCUT2D eigenvalue weighted by Crippen LogP contribution is -2.35. The fraction of sp³-hybridized carbons (Fsp3) is 0.308. The zero-order valence-corrected chi connectivity index (χ0v) is 16.8. The number of carbonyl (C=O) groups excluding carboxylic acids is 1. The van der Waals surface area contributed by atoms with Crippen LogP contribution >= 0.6 is 0 Å². The molecule has 0 radical (unpaired) electrons. The lowest BCUT2D eigenvalue weighted by Gasteiger charge is -2.43. The summed E-state index contributed by atoms with van der Waals surface area (Å²) in [4.78, 5) is 17.0. The predicted octanol–water partition coefficient (Wildman–Crippen LogP) is 5.63. The zero-order valence-electron chi connectivity index (χ0n) is 16.8. The normalized spacial score (nSPS) is 28.3. The predicted molar refractivity (Wildman–Crippen MR) is 118 cm³/mol. The lowest BCUT2D eigenvalue weighted by molar-refractivity contribution is 0.102. The second-order valence-electron chi connectivity index (χ2n) is 8.97. The number of nitrogens with one attached hydrogen (secondary N) is 2. The van der Waals surface area contributed by atoms with Crippen molar-refractivity contribution in [1.82, 2.24) is 4.98 Å². The molecule has 2 fully saturated rings. The SMILES string of the molecule is O=C(Nc1cccnc1)c1ccc2c(c1)[C@@H]1[C@H]3CC[C@@H](C3)[C@@H]1[C@H](c1ccccc1)N2. The van der Waals surface area contributed by atoms with Gasteiger partial charge in [-0.2, -0.15) is 0 Å². The van der Waals surface area contributed by atoms with Gasteiger partial charge in [0, 0.05) is 17.4 Å². The Bertz CT molecular complexity index is 1080. The van der Waals surface area contributed by atoms with Crippen LogP contribution in [0, 0.1) is 17.8 Å². The van der Waals surface area contributed by atoms with E-state index in [1.807, 2.05) is 18.2 Å². The molecule has 2 N–H and O–H groups in total. The first-order chi connectivity index (χ1) is 14.8. The van der Waals surface area contributed by atoms with E-state index < -0.39 is 0 Å². The molecule has 3 aromatic rings. The molecule has 5 atom stereocenters. The first-order valence-electron chi connectivity index (χ1n) is 10.9. The van der Waals surface area contributed by atoms with Crippen LogP contribution in [0.4, 0.5) is 11.4 Å². The Morgan fingerprint density at radius 2 is 1.87 bits per heavy atom. The van der Waals surface area contributed by atoms with Crippen LogP contribution in [0.2, 0.25) is 0 Å². The maximum atomic E-state index is 12.9. The Hall–Kier alpha value is -3.14. The number of rotatable bonds is 3. The van der Waals surface area contributed by atoms with E-state index in [2.05, 4.69) is 58.1 Å². The van der Waals surface area contributed by atoms with Crippen LogP contribution in [0.25, 0.3) is 0 Å². The monoisotopic (exact) mass is 395 g/mol. The van der Waals surface area contributed by atoms with Crippen LogP contribution in [0.1, 0.15) is 52.7 Å². The van der Waals surface area contributed by atoms with E-state index in [1.54, 1.807) is 12.4 Å². The Morgan fingerprint density at radius 3 is 2.70 bits per heavy atom. The van der Waals surface area contributed by atoms with Gasteiger partial charge in [-0.05, 0) is 84.4 Å². The smallest absolute Gasteiger partial charge is 0.255 e. The quantitative estimate of drug-likeness (QED) is 0.604. The number of benzene rings is 2. The summed E-state index contributed by atoms with van der Waals surface area (Å²) in [6.07, 6.45) is 7.37. The first-order valence-corrected chi connectivity index (χ1v) is 10.9. The highest BCUT2D eigenvalue weighted by atomic mass is 16.1. The first kappa shape index (κ1) is 17.7. The summed E-state index contributed by atoms with van der Waals surface area (Å²) < 4.78 is 0. The van der Waals surface area contributed by atoms with Crippen molar-refractivity contribution in [2.75, 3.05) is 10.6 Å². The van der Waals surface area contributed by atoms with E-state index in [0.717, 1.165) is 23.1 Å². The number of hydrogen-bond donors (Lipinski definition) is 2. The average Bonchev–Trinajstić information content (AvgIpc) is 3.42. The Kier molecular flexibility index (Phi) is 4.12. The summed E-state index contributed by atoms with van der Waals surface area (Å²) >= 11 is 0. The molecule has 6 rings (SSSR count). The highest BCUT2D eigenvalue weighted by molar-refractivity contribution is 6.04. The van der Waals surface area contributed by atoms with Crippen LogP contribution in [-0.4, -0.2) is 10.9 Å². The summed E-state index contributed by atoms with van der Waals surface area (Å²) in [5.74, 6) is 2.59. The van der Waals surface area contributed by atoms with E-state index in [0.29, 0.717) is 17.9 Å². The second-order valence-corrected chi connectivity index (χ2v) is 8.97. The summed E-state index contributed by atoms with van der Waals surface area (Å²) in [5.41, 5.74) is 5.34. The summed E-state index contributed by atoms with van der Waals surface area (Å²) in [7, 11) is 0. The Morgan fingerprint density at radius 1 is 1.00 bits per heavy atom. The molecule has 2 aromatic carbocycles. The Labute approximate surface area is 176 Å². The Balaban J connectivity index is 1.36. The van der Waals surface area contributed by atoms with Gasteiger partial charge in [-0.15, -0.1) is 0 Å². The van der Waals surface area contributed by atoms with Gasteiger partial charge in [0.25, 0.3) is 5.91 Å². The van der Waals surface area contributed by atoms with E-state index in [4.69, 9.17) is 0 Å². The molecule has 30 heavy (non-hydrogen) atoms. The molecule has 2 heterocycles. The third-order valence-electron chi connectivity index (χ3n) is 7.43. The molecule has 1 aromatic heterocycles. The fourth-order valence-electron chi connectivity index (χ4n) is 6.26. The molecule has 0 spiro atoms. The van der Waals surface area contributed by atoms with Crippen molar-refractivity contribution < 1.29 is 4.79 Å². The topological polar surface area (TPSA) is 54.0 Å². The number of fused-ring (bicyclic) bond motifs is 7. The molecule has 1 amide bonds. The molecular formula is C26H25N3O. The molecule has 1 aliphatic heterocycles. The molecule has 0 saturated heterocycles. The van der Waals surface area contributed by atoms with Crippen LogP contribution in [0.3, 0.4) is 0 Å². The molecule has 2 saturated carbocycles. The minimum atomic E-state index is -0.0734. The van der Waals surface area contributed by atoms with Gasteiger partial charge in [0.15, 0.2) is 0 Å². The highest BCUT2D eigenvalue weighted by Crippen LogP contribution is 2.63. The summed E-state index contributed by atoms with van der Waals surface area (Å²) in [5, 5.41) is 6.82. The lowest BCUT2D eigenvalue weighted by atomic mass is 9.68. The number of amides is 1. The fourth-order valence-corrected chi connectivity index (χ4v) is 6.26. The third kappa shape index (κ3) is 2.82. The van der Waals surface area contributed by atoms with Gasteiger partial charge in [0.2, 0.25) is 0 Å². The number of nitrogens with zero attached hydrogens (tertiary/aromatic N) is 1. The van der Waals surface area contributed by atoms with Crippen molar-refractivity contribution in [2.45, 2.75) is 31.2 Å². The molecule has 2 bridgehead atoms. The van der Waals surface area contributed by atoms with Crippen molar-refractivity contribution in [3.63, 3.8) is 0 Å². The van der Waals surface area contributed by atoms with Crippen LogP contribution in [0.15, 0.2) is 73.1 Å². The maximum Gasteiger partial charge on any atom is 0.255 e. The van der Waals surface area contributed by atoms with Crippen molar-refractivity contribution in [1.29, 1.82) is 0 Å². The van der Waals surface area contributed by atoms with E-state index in [-0.39, 0.29) is 5.91 Å². The molecule has 4 heteroatoms. The van der Waals surface area contributed by atoms with Crippen LogP contribution in [0.5, 0.6) is 0 Å². The van der Waals surface area contributed by atoms with Crippen molar-refractivity contribution >= 4 is 17.3 Å². The molecule has 4 nitrogen and oxygen atoms in total. The minimum Gasteiger partial charge on any atom is -0.378 e. The molecule has 150 valence electrons. The van der Waals surface area contributed by atoms with Crippen molar-refractivity contribution in [3.05, 3.63) is 89.7 Å². The number of hydrogen-bond acceptors (Lipinski definition) is 3. The standard InChI is InChI=1S/C26H25N3O/c30-26(28-20-7-4-12-27-15-20)19-10-11-22-21(14-19)23-17-8-9-18(13-17)24(23)25(29-22)16-5-2-1-3-6-16/h1-7,10-12,14-15,17-18,23-25,29H,8-9,13H2,(H,28,30)/t17-,18-,23-,24-,25-/m0/s1. The average molecular weight is 396 g/mol. The van der Waals surface area contributed by atoms with Gasteiger partial charge in [-0.1, -0.05) is 30.3 Å². The van der Waals surface area contributed by atoms with E-state index in [1.165, 1.54) is 36.1 Å². The van der Waals surface area contributed by atoms with Gasteiger partial charge < -0.3 is 10.6 Å². The number of aromatic nitrogens is 1. The number of carbonyl (C=O) groups is 1. The number of anilines is 2. The maximum absolute atomic E-state index is 12.9. The van der Waals surface area contributed by atoms with Gasteiger partial charge >= 0.3 is 0 Å². The molecular weight excluding hydrogens is 370 g/mol. The second kappa shape index (κ2) is 6.98. The molecule has 2 aliphatic carbocycles. The third-order valence-corrected chi connectivity index (χ3v) is 7.43. The largest absolute Gasteiger partial charge is 0.378 e. The number of pyridine rings is 1. The zero-order chi connectivity index (χ0) is 20.1. The summed E-state index contributed by atoms with van der Waals surface area (Å²) in [6, 6.07) is 21.1. The molecule has 3 aliphatic rings. The minimum absolute atomic E-state index is 0.0734. The van der Waals surface area contributed by atoms with Crippen molar-refractivity contribution in [3.8, 4) is 0 Å². The van der Waals surface area contributed by atoms with Gasteiger partial charge in [0.1, 0.15) is 0 Å². The van der Waals surface area contributed by atoms with Gasteiger partial charge in [-0.25, -0.2) is 0 Å². The van der Waals surface area contributed by atoms with Crippen LogP contribution < -0.4 is 10.6 Å². The van der Waals surface area contributed by atoms with E-state index in [9.17, 15) is 4.79 Å². The van der Waals surface area contributed by atoms with Crippen LogP contribution in [-0.2, 0) is 0 Å². The van der Waals surface area contributed by atoms with Gasteiger partial charge in [0.05, 0.1) is 17.9 Å². The summed E-state index contributed by atoms with van der Waals surface area (Å²) in [6.45, 7) is 0. The van der Waals surface area contributed by atoms with Gasteiger partial charge in [-0.3, -0.25) is 9.78 Å². The van der Waals surface area contributed by atoms with E-state index >= 15 is 0 Å². The highest BCUT2D eigenvalue weighted by Gasteiger charge is 2.53. The van der Waals surface area contributed by atoms with Crippen molar-refractivity contribution in [2.24, 2.45) is 17.8 Å². The molecule has 0 unspecified atom stereocenters.